The first-order valence-electron chi connectivity index (χ1n) is 5.82. The minimum Gasteiger partial charge on any atom is -0.462 e. The normalized spacial score (nSPS) is 13.4. The number of carbonyl (C=O) groups is 1. The summed E-state index contributed by atoms with van der Waals surface area (Å²) in [6, 6.07) is 6.08. The van der Waals surface area contributed by atoms with Crippen molar-refractivity contribution in [3.63, 3.8) is 0 Å². The maximum atomic E-state index is 11.2. The van der Waals surface area contributed by atoms with Crippen LogP contribution in [-0.2, 0) is 17.6 Å². The van der Waals surface area contributed by atoms with Gasteiger partial charge in [-0.2, -0.15) is 0 Å². The number of nitrogens with zero attached hydrogens (tertiary/aromatic N) is 2. The largest absolute Gasteiger partial charge is 0.462 e. The average molecular weight is 244 g/mol. The van der Waals surface area contributed by atoms with Crippen LogP contribution < -0.4 is 0 Å². The molecule has 0 amide bonds. The van der Waals surface area contributed by atoms with Gasteiger partial charge < -0.3 is 9.15 Å². The zero-order valence-corrected chi connectivity index (χ0v) is 9.97. The monoisotopic (exact) mass is 244 g/mol. The van der Waals surface area contributed by atoms with E-state index in [4.69, 9.17) is 4.42 Å². The van der Waals surface area contributed by atoms with Crippen molar-refractivity contribution in [3.8, 4) is 11.5 Å². The lowest BCUT2D eigenvalue weighted by Crippen LogP contribution is -2.00. The summed E-state index contributed by atoms with van der Waals surface area (Å²) in [5.41, 5.74) is 3.55. The number of fused-ring (bicyclic) bond motifs is 1. The van der Waals surface area contributed by atoms with E-state index >= 15 is 0 Å². The van der Waals surface area contributed by atoms with Crippen LogP contribution in [0, 0.1) is 0 Å². The molecule has 5 nitrogen and oxygen atoms in total. The minimum atomic E-state index is -0.616. The van der Waals surface area contributed by atoms with Gasteiger partial charge in [-0.1, -0.05) is 6.07 Å². The van der Waals surface area contributed by atoms with Crippen LogP contribution in [-0.4, -0.2) is 23.3 Å². The molecule has 0 atom stereocenters. The Kier molecular flexibility index (Phi) is 2.59. The first kappa shape index (κ1) is 11.0. The van der Waals surface area contributed by atoms with Crippen molar-refractivity contribution in [3.05, 3.63) is 35.2 Å². The van der Waals surface area contributed by atoms with Gasteiger partial charge in [0.15, 0.2) is 0 Å². The summed E-state index contributed by atoms with van der Waals surface area (Å²) < 4.78 is 9.81. The number of esters is 1. The van der Waals surface area contributed by atoms with Gasteiger partial charge in [0.25, 0.3) is 0 Å². The Morgan fingerprint density at radius 1 is 1.28 bits per heavy atom. The highest BCUT2D eigenvalue weighted by Crippen LogP contribution is 2.27. The van der Waals surface area contributed by atoms with Crippen molar-refractivity contribution in [2.75, 3.05) is 7.11 Å². The maximum absolute atomic E-state index is 11.2. The Hall–Kier alpha value is -2.17. The number of aryl methyl sites for hydroxylation is 2. The minimum absolute atomic E-state index is 0.118. The highest BCUT2D eigenvalue weighted by atomic mass is 16.5. The van der Waals surface area contributed by atoms with Crippen molar-refractivity contribution in [1.29, 1.82) is 0 Å². The molecule has 0 N–H and O–H groups in total. The van der Waals surface area contributed by atoms with Crippen molar-refractivity contribution < 1.29 is 13.9 Å². The fourth-order valence-electron chi connectivity index (χ4n) is 2.21. The predicted molar refractivity (Wildman–Crippen MR) is 63.1 cm³/mol. The molecule has 0 saturated heterocycles. The zero-order chi connectivity index (χ0) is 12.5. The van der Waals surface area contributed by atoms with E-state index in [-0.39, 0.29) is 5.89 Å². The lowest BCUT2D eigenvalue weighted by Gasteiger charge is -2.00. The first-order valence-corrected chi connectivity index (χ1v) is 5.82. The van der Waals surface area contributed by atoms with E-state index in [0.717, 1.165) is 18.4 Å². The van der Waals surface area contributed by atoms with Gasteiger partial charge in [0, 0.05) is 5.56 Å². The van der Waals surface area contributed by atoms with E-state index in [1.165, 1.54) is 24.7 Å². The molecule has 18 heavy (non-hydrogen) atoms. The molecule has 5 heteroatoms. The van der Waals surface area contributed by atoms with E-state index in [0.29, 0.717) is 5.89 Å². The number of rotatable bonds is 2. The molecule has 0 radical (unpaired) electrons. The van der Waals surface area contributed by atoms with Gasteiger partial charge in [0.05, 0.1) is 7.11 Å². The van der Waals surface area contributed by atoms with E-state index in [9.17, 15) is 4.79 Å². The topological polar surface area (TPSA) is 65.2 Å². The van der Waals surface area contributed by atoms with E-state index < -0.39 is 5.97 Å². The Morgan fingerprint density at radius 3 is 2.94 bits per heavy atom. The summed E-state index contributed by atoms with van der Waals surface area (Å²) in [4.78, 5) is 11.2. The van der Waals surface area contributed by atoms with Crippen LogP contribution in [0.15, 0.2) is 22.6 Å². The number of ether oxygens (including phenoxy) is 1. The molecule has 1 heterocycles. The van der Waals surface area contributed by atoms with Gasteiger partial charge in [-0.25, -0.2) is 4.79 Å². The van der Waals surface area contributed by atoms with E-state index in [1.54, 1.807) is 0 Å². The zero-order valence-electron chi connectivity index (χ0n) is 9.97. The number of hydrogen-bond donors (Lipinski definition) is 0. The maximum Gasteiger partial charge on any atom is 0.396 e. The van der Waals surface area contributed by atoms with Crippen LogP contribution in [0.2, 0.25) is 0 Å². The molecular weight excluding hydrogens is 232 g/mol. The van der Waals surface area contributed by atoms with Crippen LogP contribution in [0.5, 0.6) is 0 Å². The lowest BCUT2D eigenvalue weighted by molar-refractivity contribution is 0.0556. The van der Waals surface area contributed by atoms with Gasteiger partial charge in [0.2, 0.25) is 5.89 Å². The summed E-state index contributed by atoms with van der Waals surface area (Å²) in [6.45, 7) is 0. The van der Waals surface area contributed by atoms with Gasteiger partial charge in [-0.05, 0) is 42.5 Å². The Morgan fingerprint density at radius 2 is 2.11 bits per heavy atom. The fraction of sp³-hybridized carbons (Fsp3) is 0.308. The van der Waals surface area contributed by atoms with Crippen molar-refractivity contribution in [2.45, 2.75) is 19.3 Å². The van der Waals surface area contributed by atoms with Crippen molar-refractivity contribution in [1.82, 2.24) is 10.2 Å². The standard InChI is InChI=1S/C13H12N2O3/c1-17-13(16)12-15-14-11(18-12)10-6-5-8-3-2-4-9(8)7-10/h5-7H,2-4H2,1H3. The van der Waals surface area contributed by atoms with Crippen molar-refractivity contribution in [2.24, 2.45) is 0 Å². The second kappa shape index (κ2) is 4.25. The lowest BCUT2D eigenvalue weighted by atomic mass is 10.1. The molecule has 1 aliphatic carbocycles. The molecule has 0 unspecified atom stereocenters. The highest BCUT2D eigenvalue weighted by Gasteiger charge is 2.18. The number of aromatic nitrogens is 2. The van der Waals surface area contributed by atoms with Gasteiger partial charge in [-0.15, -0.1) is 10.2 Å². The molecule has 0 saturated carbocycles. The number of carbonyl (C=O) groups excluding carboxylic acids is 1. The summed E-state index contributed by atoms with van der Waals surface area (Å²) >= 11 is 0. The molecule has 1 aromatic carbocycles. The van der Waals surface area contributed by atoms with Gasteiger partial charge >= 0.3 is 11.9 Å². The molecule has 0 spiro atoms. The summed E-state index contributed by atoms with van der Waals surface area (Å²) in [7, 11) is 1.28. The molecule has 92 valence electrons. The number of methoxy groups -OCH3 is 1. The molecular formula is C13H12N2O3. The Balaban J connectivity index is 1.95. The van der Waals surface area contributed by atoms with Gasteiger partial charge in [0.1, 0.15) is 0 Å². The quantitative estimate of drug-likeness (QED) is 0.756. The molecule has 1 aromatic heterocycles. The third kappa shape index (κ3) is 1.77. The first-order chi connectivity index (χ1) is 8.78. The smallest absolute Gasteiger partial charge is 0.396 e. The van der Waals surface area contributed by atoms with Crippen LogP contribution in [0.4, 0.5) is 0 Å². The molecule has 3 rings (SSSR count). The predicted octanol–water partition coefficient (Wildman–Crippen LogP) is 2.01. The van der Waals surface area contributed by atoms with Crippen LogP contribution >= 0.6 is 0 Å². The van der Waals surface area contributed by atoms with Crippen LogP contribution in [0.25, 0.3) is 11.5 Å². The second-order valence-electron chi connectivity index (χ2n) is 4.24. The molecule has 0 aliphatic heterocycles. The summed E-state index contributed by atoms with van der Waals surface area (Å²) in [5.74, 6) is -0.381. The Labute approximate surface area is 104 Å². The van der Waals surface area contributed by atoms with Crippen molar-refractivity contribution >= 4 is 5.97 Å². The van der Waals surface area contributed by atoms with Crippen LogP contribution in [0.3, 0.4) is 0 Å². The highest BCUT2D eigenvalue weighted by molar-refractivity contribution is 5.84. The van der Waals surface area contributed by atoms with E-state index in [2.05, 4.69) is 27.1 Å². The molecule has 0 fully saturated rings. The molecule has 0 bridgehead atoms. The Bertz CT molecular complexity index is 604. The SMILES string of the molecule is COC(=O)c1nnc(-c2ccc3c(c2)CCC3)o1. The second-order valence-corrected chi connectivity index (χ2v) is 4.24. The number of benzene rings is 1. The van der Waals surface area contributed by atoms with Crippen LogP contribution in [0.1, 0.15) is 28.2 Å². The third-order valence-corrected chi connectivity index (χ3v) is 3.13. The van der Waals surface area contributed by atoms with E-state index in [1.807, 2.05) is 6.07 Å². The summed E-state index contributed by atoms with van der Waals surface area (Å²) in [5, 5.41) is 7.53. The fourth-order valence-corrected chi connectivity index (χ4v) is 2.21. The summed E-state index contributed by atoms with van der Waals surface area (Å²) in [6.07, 6.45) is 3.41. The molecule has 1 aliphatic rings. The van der Waals surface area contributed by atoms with Gasteiger partial charge in [-0.3, -0.25) is 0 Å². The average Bonchev–Trinajstić information content (AvgIpc) is 3.05. The molecule has 2 aromatic rings. The number of hydrogen-bond acceptors (Lipinski definition) is 5. The third-order valence-electron chi connectivity index (χ3n) is 3.13.